The van der Waals surface area contributed by atoms with Gasteiger partial charge in [0, 0.05) is 5.02 Å². The first kappa shape index (κ1) is 15.7. The molecule has 1 fully saturated rings. The first-order valence-corrected chi connectivity index (χ1v) is 7.97. The topological polar surface area (TPSA) is 65.3 Å². The van der Waals surface area contributed by atoms with Gasteiger partial charge >= 0.3 is 0 Å². The molecule has 0 saturated carbocycles. The fourth-order valence-corrected chi connectivity index (χ4v) is 3.15. The third kappa shape index (κ3) is 2.66. The Morgan fingerprint density at radius 1 is 1.08 bits per heavy atom. The van der Waals surface area contributed by atoms with E-state index >= 15 is 0 Å². The normalized spacial score (nSPS) is 22.0. The van der Waals surface area contributed by atoms with Crippen LogP contribution in [-0.4, -0.2) is 28.9 Å². The predicted molar refractivity (Wildman–Crippen MR) is 88.3 cm³/mol. The molecule has 0 radical (unpaired) electrons. The van der Waals surface area contributed by atoms with E-state index in [2.05, 4.69) is 10.3 Å². The van der Waals surface area contributed by atoms with Crippen LogP contribution in [0.2, 0.25) is 5.02 Å². The van der Waals surface area contributed by atoms with Crippen LogP contribution in [0, 0.1) is 5.82 Å². The maximum atomic E-state index is 13.4. The standard InChI is InChI=1S/C17H12ClFN4O2/c18-11-4-6-13(7-5-11)23-16(24)14-15(17(23)25)22(21-20-14)9-10-2-1-3-12(19)8-10/h1-8,14-15H,9H2/t14-,15-/m1/s1. The second-order valence-corrected chi connectivity index (χ2v) is 6.25. The van der Waals surface area contributed by atoms with E-state index in [9.17, 15) is 14.0 Å². The highest BCUT2D eigenvalue weighted by Crippen LogP contribution is 2.33. The molecule has 0 aliphatic carbocycles. The molecule has 2 aromatic carbocycles. The predicted octanol–water partition coefficient (Wildman–Crippen LogP) is 2.97. The van der Waals surface area contributed by atoms with Crippen molar-refractivity contribution in [1.82, 2.24) is 5.01 Å². The number of anilines is 1. The Bertz CT molecular complexity index is 886. The zero-order valence-corrected chi connectivity index (χ0v) is 13.6. The van der Waals surface area contributed by atoms with Crippen molar-refractivity contribution < 1.29 is 14.0 Å². The van der Waals surface area contributed by atoms with Gasteiger partial charge in [-0.3, -0.25) is 14.6 Å². The van der Waals surface area contributed by atoms with Gasteiger partial charge < -0.3 is 0 Å². The van der Waals surface area contributed by atoms with Gasteiger partial charge in [-0.25, -0.2) is 9.29 Å². The molecule has 2 amide bonds. The molecule has 2 aromatic rings. The fraction of sp³-hybridized carbons (Fsp3) is 0.176. The highest BCUT2D eigenvalue weighted by molar-refractivity contribution is 6.31. The summed E-state index contributed by atoms with van der Waals surface area (Å²) < 4.78 is 13.4. The minimum atomic E-state index is -0.878. The SMILES string of the molecule is O=C1[C@@H]2N=NN(Cc3cccc(F)c3)[C@H]2C(=O)N1c1ccc(Cl)cc1. The molecule has 2 atom stereocenters. The number of halogens is 2. The summed E-state index contributed by atoms with van der Waals surface area (Å²) in [6.07, 6.45) is 0. The Hall–Kier alpha value is -2.80. The zero-order chi connectivity index (χ0) is 17.6. The summed E-state index contributed by atoms with van der Waals surface area (Å²) in [5, 5.41) is 9.81. The molecular formula is C17H12ClFN4O2. The number of imide groups is 1. The number of hydrogen-bond donors (Lipinski definition) is 0. The molecule has 2 aliphatic rings. The highest BCUT2D eigenvalue weighted by Gasteiger charge is 2.54. The van der Waals surface area contributed by atoms with Gasteiger partial charge in [0.05, 0.1) is 12.2 Å². The minimum Gasteiger partial charge on any atom is -0.271 e. The van der Waals surface area contributed by atoms with Gasteiger partial charge in [0.1, 0.15) is 5.82 Å². The number of amides is 2. The number of carbonyl (C=O) groups is 2. The van der Waals surface area contributed by atoms with E-state index in [0.717, 1.165) is 4.90 Å². The molecule has 4 rings (SSSR count). The highest BCUT2D eigenvalue weighted by atomic mass is 35.5. The van der Waals surface area contributed by atoms with Crippen LogP contribution in [0.15, 0.2) is 58.9 Å². The summed E-state index contributed by atoms with van der Waals surface area (Å²) in [5.41, 5.74) is 1.08. The van der Waals surface area contributed by atoms with Crippen molar-refractivity contribution in [3.63, 3.8) is 0 Å². The minimum absolute atomic E-state index is 0.190. The summed E-state index contributed by atoms with van der Waals surface area (Å²) in [5.74, 6) is -1.21. The number of hydrogen-bond acceptors (Lipinski definition) is 5. The van der Waals surface area contributed by atoms with Crippen LogP contribution in [0.5, 0.6) is 0 Å². The van der Waals surface area contributed by atoms with E-state index < -0.39 is 23.9 Å². The smallest absolute Gasteiger partial charge is 0.263 e. The van der Waals surface area contributed by atoms with Gasteiger partial charge in [0.2, 0.25) is 0 Å². The number of rotatable bonds is 3. The van der Waals surface area contributed by atoms with Crippen LogP contribution in [0.1, 0.15) is 5.56 Å². The van der Waals surface area contributed by atoms with Crippen molar-refractivity contribution >= 4 is 29.1 Å². The van der Waals surface area contributed by atoms with Crippen LogP contribution >= 0.6 is 11.6 Å². The van der Waals surface area contributed by atoms with Gasteiger partial charge in [0.15, 0.2) is 12.1 Å². The summed E-state index contributed by atoms with van der Waals surface area (Å²) in [4.78, 5) is 26.5. The summed E-state index contributed by atoms with van der Waals surface area (Å²) in [6, 6.07) is 10.7. The van der Waals surface area contributed by atoms with Gasteiger partial charge in [-0.2, -0.15) is 5.11 Å². The Balaban J connectivity index is 1.60. The van der Waals surface area contributed by atoms with Crippen molar-refractivity contribution in [3.05, 3.63) is 64.9 Å². The van der Waals surface area contributed by atoms with E-state index in [0.29, 0.717) is 16.3 Å². The zero-order valence-electron chi connectivity index (χ0n) is 12.8. The van der Waals surface area contributed by atoms with Crippen LogP contribution in [0.25, 0.3) is 0 Å². The first-order valence-electron chi connectivity index (χ1n) is 7.60. The average Bonchev–Trinajstić information content (AvgIpc) is 3.10. The van der Waals surface area contributed by atoms with Crippen LogP contribution in [0.3, 0.4) is 0 Å². The average molecular weight is 359 g/mol. The maximum absolute atomic E-state index is 13.4. The monoisotopic (exact) mass is 358 g/mol. The largest absolute Gasteiger partial charge is 0.271 e. The van der Waals surface area contributed by atoms with E-state index in [1.807, 2.05) is 0 Å². The van der Waals surface area contributed by atoms with E-state index in [-0.39, 0.29) is 12.4 Å². The fourth-order valence-electron chi connectivity index (χ4n) is 3.02. The summed E-state index contributed by atoms with van der Waals surface area (Å²) in [7, 11) is 0. The molecular weight excluding hydrogens is 347 g/mol. The number of benzene rings is 2. The first-order chi connectivity index (χ1) is 12.0. The van der Waals surface area contributed by atoms with Gasteiger partial charge in [-0.05, 0) is 42.0 Å². The molecule has 2 heterocycles. The molecule has 2 aliphatic heterocycles. The molecule has 0 unspecified atom stereocenters. The van der Waals surface area contributed by atoms with Gasteiger partial charge in [0.25, 0.3) is 11.8 Å². The Morgan fingerprint density at radius 3 is 2.56 bits per heavy atom. The van der Waals surface area contributed by atoms with Crippen molar-refractivity contribution in [3.8, 4) is 0 Å². The Morgan fingerprint density at radius 2 is 1.84 bits per heavy atom. The van der Waals surface area contributed by atoms with E-state index in [4.69, 9.17) is 11.6 Å². The lowest BCUT2D eigenvalue weighted by Gasteiger charge is -2.20. The molecule has 0 bridgehead atoms. The van der Waals surface area contributed by atoms with E-state index in [1.54, 1.807) is 36.4 Å². The van der Waals surface area contributed by atoms with E-state index in [1.165, 1.54) is 17.1 Å². The molecule has 6 nitrogen and oxygen atoms in total. The molecule has 0 N–H and O–H groups in total. The molecule has 25 heavy (non-hydrogen) atoms. The van der Waals surface area contributed by atoms with Crippen LogP contribution < -0.4 is 4.90 Å². The van der Waals surface area contributed by atoms with Crippen molar-refractivity contribution in [2.24, 2.45) is 10.3 Å². The molecule has 1 saturated heterocycles. The molecule has 0 aromatic heterocycles. The molecule has 0 spiro atoms. The second kappa shape index (κ2) is 5.93. The van der Waals surface area contributed by atoms with Crippen molar-refractivity contribution in [2.75, 3.05) is 4.90 Å². The third-order valence-corrected chi connectivity index (χ3v) is 4.43. The van der Waals surface area contributed by atoms with Crippen LogP contribution in [-0.2, 0) is 16.1 Å². The quantitative estimate of drug-likeness (QED) is 0.792. The lowest BCUT2D eigenvalue weighted by Crippen LogP contribution is -2.39. The lowest BCUT2D eigenvalue weighted by atomic mass is 10.1. The van der Waals surface area contributed by atoms with Crippen molar-refractivity contribution in [2.45, 2.75) is 18.6 Å². The van der Waals surface area contributed by atoms with Crippen molar-refractivity contribution in [1.29, 1.82) is 0 Å². The number of carbonyl (C=O) groups excluding carboxylic acids is 2. The Labute approximate surface area is 147 Å². The summed E-state index contributed by atoms with van der Waals surface area (Å²) in [6.45, 7) is 0.190. The maximum Gasteiger partial charge on any atom is 0.263 e. The number of fused-ring (bicyclic) bond motifs is 1. The second-order valence-electron chi connectivity index (χ2n) is 5.81. The van der Waals surface area contributed by atoms with Crippen LogP contribution in [0.4, 0.5) is 10.1 Å². The molecule has 126 valence electrons. The third-order valence-electron chi connectivity index (χ3n) is 4.18. The summed E-state index contributed by atoms with van der Waals surface area (Å²) >= 11 is 5.85. The Kier molecular flexibility index (Phi) is 3.73. The molecule has 8 heteroatoms. The lowest BCUT2D eigenvalue weighted by molar-refractivity contribution is -0.123. The number of nitrogens with zero attached hydrogens (tertiary/aromatic N) is 4. The van der Waals surface area contributed by atoms with Gasteiger partial charge in [-0.1, -0.05) is 29.0 Å². The van der Waals surface area contributed by atoms with Gasteiger partial charge in [-0.15, -0.1) is 0 Å².